The van der Waals surface area contributed by atoms with Crippen LogP contribution in [0.4, 0.5) is 0 Å². The zero-order valence-corrected chi connectivity index (χ0v) is 10.3. The number of halogens is 1. The molecule has 0 aromatic rings. The highest BCUT2D eigenvalue weighted by atomic mass is 79.9. The van der Waals surface area contributed by atoms with Crippen LogP contribution in [0.3, 0.4) is 0 Å². The molecular weight excluding hydrogens is 250 g/mol. The van der Waals surface area contributed by atoms with Crippen LogP contribution < -0.4 is 5.32 Å². The highest BCUT2D eigenvalue weighted by Crippen LogP contribution is 2.25. The van der Waals surface area contributed by atoms with Crippen molar-refractivity contribution in [2.75, 3.05) is 12.3 Å². The van der Waals surface area contributed by atoms with Gasteiger partial charge in [0.1, 0.15) is 0 Å². The van der Waals surface area contributed by atoms with E-state index in [0.29, 0.717) is 4.83 Å². The fraction of sp³-hybridized carbons (Fsp3) is 0.889. The minimum Gasteiger partial charge on any atom is -0.354 e. The lowest BCUT2D eigenvalue weighted by atomic mass is 10.2. The van der Waals surface area contributed by atoms with Gasteiger partial charge in [-0.05, 0) is 25.0 Å². The van der Waals surface area contributed by atoms with Gasteiger partial charge >= 0.3 is 0 Å². The molecule has 2 unspecified atom stereocenters. The van der Waals surface area contributed by atoms with Crippen LogP contribution in [-0.2, 0) is 4.79 Å². The van der Waals surface area contributed by atoms with Crippen LogP contribution in [0.25, 0.3) is 0 Å². The Morgan fingerprint density at radius 3 is 3.08 bits per heavy atom. The zero-order valence-electron chi connectivity index (χ0n) is 7.88. The van der Waals surface area contributed by atoms with Gasteiger partial charge in [-0.3, -0.25) is 4.79 Å². The van der Waals surface area contributed by atoms with Crippen molar-refractivity contribution in [2.24, 2.45) is 0 Å². The topological polar surface area (TPSA) is 29.1 Å². The smallest absolute Gasteiger partial charge is 0.233 e. The first kappa shape index (κ1) is 11.4. The minimum absolute atomic E-state index is 0.219. The summed E-state index contributed by atoms with van der Waals surface area (Å²) < 4.78 is 0. The van der Waals surface area contributed by atoms with E-state index in [4.69, 9.17) is 0 Å². The first-order chi connectivity index (χ1) is 6.24. The van der Waals surface area contributed by atoms with Gasteiger partial charge in [-0.1, -0.05) is 22.9 Å². The third-order valence-electron chi connectivity index (χ3n) is 2.16. The summed E-state index contributed by atoms with van der Waals surface area (Å²) >= 11 is 5.27. The first-order valence-corrected chi connectivity index (χ1v) is 6.74. The number of thioether (sulfide) groups is 1. The summed E-state index contributed by atoms with van der Waals surface area (Å²) in [4.78, 5) is 11.9. The van der Waals surface area contributed by atoms with Crippen molar-refractivity contribution in [3.05, 3.63) is 0 Å². The summed E-state index contributed by atoms with van der Waals surface area (Å²) in [5.74, 6) is 1.37. The first-order valence-electron chi connectivity index (χ1n) is 4.77. The number of nitrogens with one attached hydrogen (secondary N) is 1. The molecule has 0 bridgehead atoms. The van der Waals surface area contributed by atoms with Gasteiger partial charge in [-0.2, -0.15) is 0 Å². The van der Waals surface area contributed by atoms with Crippen molar-refractivity contribution in [1.29, 1.82) is 0 Å². The fourth-order valence-electron chi connectivity index (χ4n) is 1.25. The number of hydrogen-bond donors (Lipinski definition) is 1. The fourth-order valence-corrected chi connectivity index (χ4v) is 2.60. The van der Waals surface area contributed by atoms with E-state index in [2.05, 4.69) is 28.2 Å². The van der Waals surface area contributed by atoms with Crippen LogP contribution in [0.2, 0.25) is 0 Å². The molecule has 1 N–H and O–H groups in total. The Hall–Kier alpha value is 0.300. The minimum atomic E-state index is 0.219. The van der Waals surface area contributed by atoms with E-state index in [-0.39, 0.29) is 11.2 Å². The molecule has 1 aliphatic rings. The summed E-state index contributed by atoms with van der Waals surface area (Å²) in [6.45, 7) is 2.86. The van der Waals surface area contributed by atoms with Crippen LogP contribution in [0.1, 0.15) is 26.2 Å². The second-order valence-electron chi connectivity index (χ2n) is 3.25. The summed E-state index contributed by atoms with van der Waals surface area (Å²) in [5, 5.41) is 3.19. The molecule has 1 heterocycles. The normalized spacial score (nSPS) is 24.3. The molecule has 2 atom stereocenters. The Bertz CT molecular complexity index is 171. The molecule has 0 aliphatic carbocycles. The van der Waals surface area contributed by atoms with Gasteiger partial charge in [0.2, 0.25) is 5.91 Å². The Labute approximate surface area is 92.4 Å². The van der Waals surface area contributed by atoms with Gasteiger partial charge in [0.25, 0.3) is 0 Å². The van der Waals surface area contributed by atoms with Crippen molar-refractivity contribution in [1.82, 2.24) is 5.32 Å². The highest BCUT2D eigenvalue weighted by molar-refractivity contribution is 9.09. The molecule has 13 heavy (non-hydrogen) atoms. The van der Waals surface area contributed by atoms with E-state index >= 15 is 0 Å². The quantitative estimate of drug-likeness (QED) is 0.790. The van der Waals surface area contributed by atoms with Crippen molar-refractivity contribution in [3.8, 4) is 0 Å². The molecule has 4 heteroatoms. The molecule has 0 aromatic heterocycles. The van der Waals surface area contributed by atoms with Crippen LogP contribution in [0, 0.1) is 0 Å². The summed E-state index contributed by atoms with van der Waals surface area (Å²) in [5.41, 5.74) is 0. The van der Waals surface area contributed by atoms with E-state index < -0.39 is 0 Å². The Morgan fingerprint density at radius 2 is 2.54 bits per heavy atom. The van der Waals surface area contributed by atoms with Crippen LogP contribution in [0.15, 0.2) is 0 Å². The average Bonchev–Trinajstić information content (AvgIpc) is 2.66. The SMILES string of the molecule is CCC(Br)CNC(=O)C1CCCS1. The molecule has 1 aliphatic heterocycles. The lowest BCUT2D eigenvalue weighted by Crippen LogP contribution is -2.35. The Kier molecular flexibility index (Phi) is 5.17. The molecule has 0 saturated carbocycles. The van der Waals surface area contributed by atoms with E-state index in [1.807, 2.05) is 0 Å². The van der Waals surface area contributed by atoms with Gasteiger partial charge in [-0.15, -0.1) is 11.8 Å². The summed E-state index contributed by atoms with van der Waals surface area (Å²) in [6, 6.07) is 0. The molecule has 0 aromatic carbocycles. The van der Waals surface area contributed by atoms with Gasteiger partial charge in [0, 0.05) is 11.4 Å². The molecule has 0 spiro atoms. The van der Waals surface area contributed by atoms with E-state index in [0.717, 1.165) is 25.1 Å². The lowest BCUT2D eigenvalue weighted by molar-refractivity contribution is -0.120. The largest absolute Gasteiger partial charge is 0.354 e. The number of carbonyl (C=O) groups excluding carboxylic acids is 1. The van der Waals surface area contributed by atoms with Crippen LogP contribution >= 0.6 is 27.7 Å². The second kappa shape index (κ2) is 5.91. The van der Waals surface area contributed by atoms with Crippen molar-refractivity contribution in [2.45, 2.75) is 36.3 Å². The van der Waals surface area contributed by atoms with Gasteiger partial charge < -0.3 is 5.32 Å². The van der Waals surface area contributed by atoms with Gasteiger partial charge in [-0.25, -0.2) is 0 Å². The molecule has 1 rings (SSSR count). The lowest BCUT2D eigenvalue weighted by Gasteiger charge is -2.12. The second-order valence-corrected chi connectivity index (χ2v) is 5.86. The van der Waals surface area contributed by atoms with Crippen molar-refractivity contribution in [3.63, 3.8) is 0 Å². The predicted molar refractivity (Wildman–Crippen MR) is 61.5 cm³/mol. The molecule has 2 nitrogen and oxygen atoms in total. The zero-order chi connectivity index (χ0) is 9.68. The molecular formula is C9H16BrNOS. The van der Waals surface area contributed by atoms with E-state index in [1.54, 1.807) is 11.8 Å². The van der Waals surface area contributed by atoms with E-state index in [1.165, 1.54) is 6.42 Å². The molecule has 1 amide bonds. The molecule has 0 radical (unpaired) electrons. The highest BCUT2D eigenvalue weighted by Gasteiger charge is 2.23. The van der Waals surface area contributed by atoms with Crippen molar-refractivity contribution < 1.29 is 4.79 Å². The maximum Gasteiger partial charge on any atom is 0.233 e. The number of alkyl halides is 1. The Morgan fingerprint density at radius 1 is 1.77 bits per heavy atom. The van der Waals surface area contributed by atoms with E-state index in [9.17, 15) is 4.79 Å². The summed E-state index contributed by atoms with van der Waals surface area (Å²) in [6.07, 6.45) is 3.29. The average molecular weight is 266 g/mol. The predicted octanol–water partition coefficient (Wildman–Crippen LogP) is 2.17. The van der Waals surface area contributed by atoms with Crippen LogP contribution in [0.5, 0.6) is 0 Å². The monoisotopic (exact) mass is 265 g/mol. The number of carbonyl (C=O) groups is 1. The maximum atomic E-state index is 11.5. The number of hydrogen-bond acceptors (Lipinski definition) is 2. The maximum absolute atomic E-state index is 11.5. The number of amides is 1. The van der Waals surface area contributed by atoms with Gasteiger partial charge in [0.15, 0.2) is 0 Å². The third kappa shape index (κ3) is 3.90. The molecule has 76 valence electrons. The molecule has 1 fully saturated rings. The van der Waals surface area contributed by atoms with Gasteiger partial charge in [0.05, 0.1) is 5.25 Å². The Balaban J connectivity index is 2.16. The summed E-state index contributed by atoms with van der Waals surface area (Å²) in [7, 11) is 0. The standard InChI is InChI=1S/C9H16BrNOS/c1-2-7(10)6-11-9(12)8-4-3-5-13-8/h7-8H,2-6H2,1H3,(H,11,12). The molecule has 1 saturated heterocycles. The number of rotatable bonds is 4. The van der Waals surface area contributed by atoms with Crippen LogP contribution in [-0.4, -0.2) is 28.3 Å². The third-order valence-corrected chi connectivity index (χ3v) is 4.51. The van der Waals surface area contributed by atoms with Crippen molar-refractivity contribution >= 4 is 33.6 Å².